The zero-order valence-electron chi connectivity index (χ0n) is 7.68. The minimum Gasteiger partial charge on any atom is -0.507 e. The Bertz CT molecular complexity index is 519. The van der Waals surface area contributed by atoms with Crippen LogP contribution in [0.1, 0.15) is 0 Å². The van der Waals surface area contributed by atoms with Crippen LogP contribution in [0.4, 0.5) is 0 Å². The fraction of sp³-hybridized carbons (Fsp3) is 0. The summed E-state index contributed by atoms with van der Waals surface area (Å²) < 4.78 is 4.56. The van der Waals surface area contributed by atoms with Crippen LogP contribution in [0.5, 0.6) is 17.2 Å². The van der Waals surface area contributed by atoms with E-state index < -0.39 is 0 Å². The first kappa shape index (κ1) is 9.33. The van der Waals surface area contributed by atoms with Gasteiger partial charge in [0.25, 0.3) is 6.47 Å². The Morgan fingerprint density at radius 3 is 2.67 bits per heavy atom. The molecule has 2 rings (SSSR count). The third kappa shape index (κ3) is 1.57. The number of phenols is 2. The van der Waals surface area contributed by atoms with Gasteiger partial charge < -0.3 is 14.9 Å². The minimum absolute atomic E-state index is 0.0269. The van der Waals surface area contributed by atoms with E-state index in [9.17, 15) is 15.0 Å². The number of hydrogen-bond acceptors (Lipinski definition) is 4. The summed E-state index contributed by atoms with van der Waals surface area (Å²) in [6.45, 7) is 0.223. The second-order valence-corrected chi connectivity index (χ2v) is 3.03. The molecule has 0 bridgehead atoms. The van der Waals surface area contributed by atoms with Crippen molar-refractivity contribution in [3.05, 3.63) is 30.3 Å². The van der Waals surface area contributed by atoms with E-state index in [1.54, 1.807) is 12.1 Å². The third-order valence-electron chi connectivity index (χ3n) is 2.11. The van der Waals surface area contributed by atoms with Gasteiger partial charge in [0.05, 0.1) is 0 Å². The molecule has 0 heterocycles. The lowest BCUT2D eigenvalue weighted by Gasteiger charge is -2.05. The maximum atomic E-state index is 10.2. The van der Waals surface area contributed by atoms with Gasteiger partial charge in [-0.05, 0) is 23.6 Å². The average molecular weight is 204 g/mol. The number of hydrogen-bond donors (Lipinski definition) is 2. The molecule has 4 heteroatoms. The standard InChI is InChI=1S/C11H8O4/c12-6-15-11-5-8-7(4-10(11)14)2-1-3-9(8)13/h1-6,13-14H. The van der Waals surface area contributed by atoms with Gasteiger partial charge in [-0.25, -0.2) is 0 Å². The topological polar surface area (TPSA) is 66.8 Å². The van der Waals surface area contributed by atoms with Crippen LogP contribution in [0.25, 0.3) is 10.8 Å². The Hall–Kier alpha value is -2.23. The summed E-state index contributed by atoms with van der Waals surface area (Å²) in [6.07, 6.45) is 0. The maximum Gasteiger partial charge on any atom is 0.298 e. The van der Waals surface area contributed by atoms with E-state index in [0.717, 1.165) is 0 Å². The lowest BCUT2D eigenvalue weighted by atomic mass is 10.1. The predicted octanol–water partition coefficient (Wildman–Crippen LogP) is 1.79. The van der Waals surface area contributed by atoms with E-state index in [0.29, 0.717) is 10.8 Å². The summed E-state index contributed by atoms with van der Waals surface area (Å²) in [5.74, 6) is -0.0394. The largest absolute Gasteiger partial charge is 0.507 e. The maximum absolute atomic E-state index is 10.2. The number of aromatic hydroxyl groups is 2. The normalized spacial score (nSPS) is 10.1. The van der Waals surface area contributed by atoms with Crippen molar-refractivity contribution in [3.63, 3.8) is 0 Å². The molecule has 0 aliphatic heterocycles. The highest BCUT2D eigenvalue weighted by molar-refractivity contribution is 5.91. The Morgan fingerprint density at radius 2 is 1.93 bits per heavy atom. The second-order valence-electron chi connectivity index (χ2n) is 3.03. The van der Waals surface area contributed by atoms with Crippen molar-refractivity contribution in [1.29, 1.82) is 0 Å². The molecule has 2 N–H and O–H groups in total. The van der Waals surface area contributed by atoms with Crippen molar-refractivity contribution < 1.29 is 19.7 Å². The summed E-state index contributed by atoms with van der Waals surface area (Å²) in [6, 6.07) is 7.75. The summed E-state index contributed by atoms with van der Waals surface area (Å²) in [5, 5.41) is 20.2. The van der Waals surface area contributed by atoms with Gasteiger partial charge in [0.2, 0.25) is 0 Å². The number of phenolic OH excluding ortho intramolecular Hbond substituents is 2. The van der Waals surface area contributed by atoms with Gasteiger partial charge in [-0.1, -0.05) is 12.1 Å². The zero-order chi connectivity index (χ0) is 10.8. The van der Waals surface area contributed by atoms with Crippen molar-refractivity contribution in [2.75, 3.05) is 0 Å². The van der Waals surface area contributed by atoms with Crippen molar-refractivity contribution in [2.45, 2.75) is 0 Å². The van der Waals surface area contributed by atoms with Gasteiger partial charge in [0.1, 0.15) is 5.75 Å². The van der Waals surface area contributed by atoms with Crippen LogP contribution >= 0.6 is 0 Å². The van der Waals surface area contributed by atoms with E-state index >= 15 is 0 Å². The molecule has 0 aliphatic carbocycles. The zero-order valence-corrected chi connectivity index (χ0v) is 7.68. The number of rotatable bonds is 2. The quantitative estimate of drug-likeness (QED) is 0.732. The Labute approximate surface area is 85.3 Å². The molecule has 76 valence electrons. The van der Waals surface area contributed by atoms with Crippen molar-refractivity contribution in [1.82, 2.24) is 0 Å². The van der Waals surface area contributed by atoms with E-state index in [1.807, 2.05) is 0 Å². The highest BCUT2D eigenvalue weighted by Crippen LogP contribution is 2.34. The molecule has 0 aromatic heterocycles. The highest BCUT2D eigenvalue weighted by Gasteiger charge is 2.07. The van der Waals surface area contributed by atoms with Crippen LogP contribution in [0.15, 0.2) is 30.3 Å². The molecule has 0 spiro atoms. The molecule has 15 heavy (non-hydrogen) atoms. The van der Waals surface area contributed by atoms with Crippen LogP contribution in [0.3, 0.4) is 0 Å². The van der Waals surface area contributed by atoms with Gasteiger partial charge >= 0.3 is 0 Å². The van der Waals surface area contributed by atoms with Gasteiger partial charge in [-0.3, -0.25) is 4.79 Å². The number of fused-ring (bicyclic) bond motifs is 1. The molecule has 4 nitrogen and oxygen atoms in total. The van der Waals surface area contributed by atoms with Crippen LogP contribution in [-0.4, -0.2) is 16.7 Å². The first-order valence-electron chi connectivity index (χ1n) is 4.27. The van der Waals surface area contributed by atoms with E-state index in [-0.39, 0.29) is 23.7 Å². The van der Waals surface area contributed by atoms with E-state index in [2.05, 4.69) is 4.74 Å². The monoisotopic (exact) mass is 204 g/mol. The van der Waals surface area contributed by atoms with Gasteiger partial charge in [-0.15, -0.1) is 0 Å². The SMILES string of the molecule is O=COc1cc2c(O)cccc2cc1O. The number of ether oxygens (including phenoxy) is 1. The van der Waals surface area contributed by atoms with Gasteiger partial charge in [-0.2, -0.15) is 0 Å². The molecule has 0 saturated carbocycles. The van der Waals surface area contributed by atoms with Crippen molar-refractivity contribution >= 4 is 17.2 Å². The lowest BCUT2D eigenvalue weighted by molar-refractivity contribution is -0.120. The summed E-state index contributed by atoms with van der Waals surface area (Å²) in [7, 11) is 0. The van der Waals surface area contributed by atoms with Crippen LogP contribution in [0.2, 0.25) is 0 Å². The molecule has 2 aromatic rings. The molecule has 0 aliphatic rings. The first-order chi connectivity index (χ1) is 7.22. The number of carbonyl (C=O) groups is 1. The molecule has 0 amide bonds. The molecule has 2 aromatic carbocycles. The summed E-state index contributed by atoms with van der Waals surface area (Å²) in [4.78, 5) is 10.2. The Balaban J connectivity index is 2.71. The Morgan fingerprint density at radius 1 is 1.13 bits per heavy atom. The van der Waals surface area contributed by atoms with Crippen LogP contribution < -0.4 is 4.74 Å². The van der Waals surface area contributed by atoms with Crippen LogP contribution in [-0.2, 0) is 4.79 Å². The molecule has 0 atom stereocenters. The van der Waals surface area contributed by atoms with Gasteiger partial charge in [0, 0.05) is 5.39 Å². The number of benzene rings is 2. The summed E-state index contributed by atoms with van der Waals surface area (Å²) in [5.41, 5.74) is 0. The highest BCUT2D eigenvalue weighted by atomic mass is 16.5. The smallest absolute Gasteiger partial charge is 0.298 e. The molecular weight excluding hydrogens is 196 g/mol. The average Bonchev–Trinajstić information content (AvgIpc) is 2.21. The molecule has 0 unspecified atom stereocenters. The molecule has 0 radical (unpaired) electrons. The molecule has 0 fully saturated rings. The third-order valence-corrected chi connectivity index (χ3v) is 2.11. The predicted molar refractivity (Wildman–Crippen MR) is 54.0 cm³/mol. The number of carbonyl (C=O) groups excluding carboxylic acids is 1. The Kier molecular flexibility index (Phi) is 2.17. The second kappa shape index (κ2) is 3.49. The van der Waals surface area contributed by atoms with E-state index in [1.165, 1.54) is 18.2 Å². The fourth-order valence-electron chi connectivity index (χ4n) is 1.42. The minimum atomic E-state index is -0.139. The molecule has 0 saturated heterocycles. The summed E-state index contributed by atoms with van der Waals surface area (Å²) >= 11 is 0. The van der Waals surface area contributed by atoms with Crippen molar-refractivity contribution in [2.24, 2.45) is 0 Å². The van der Waals surface area contributed by atoms with Crippen molar-refractivity contribution in [3.8, 4) is 17.2 Å². The lowest BCUT2D eigenvalue weighted by Crippen LogP contribution is -1.89. The molecular formula is C11H8O4. The first-order valence-corrected chi connectivity index (χ1v) is 4.27. The van der Waals surface area contributed by atoms with E-state index in [4.69, 9.17) is 0 Å². The van der Waals surface area contributed by atoms with Crippen LogP contribution in [0, 0.1) is 0 Å². The van der Waals surface area contributed by atoms with Gasteiger partial charge in [0.15, 0.2) is 11.5 Å². The fourth-order valence-corrected chi connectivity index (χ4v) is 1.42.